The first kappa shape index (κ1) is 10.1. The van der Waals surface area contributed by atoms with E-state index in [4.69, 9.17) is 4.74 Å². The molecule has 0 aromatic carbocycles. The van der Waals surface area contributed by atoms with E-state index in [1.165, 1.54) is 0 Å². The molecular formula is C11H14N2O2. The maximum absolute atomic E-state index is 12.0. The van der Waals surface area contributed by atoms with Crippen molar-refractivity contribution in [1.29, 1.82) is 0 Å². The molecule has 0 spiro atoms. The third-order valence-corrected chi connectivity index (χ3v) is 2.51. The molecule has 2 heterocycles. The SMILES string of the molecule is CC1OCCCN1C(=O)c1cccnc1. The van der Waals surface area contributed by atoms with Gasteiger partial charge in [0.05, 0.1) is 12.2 Å². The van der Waals surface area contributed by atoms with Gasteiger partial charge < -0.3 is 9.64 Å². The lowest BCUT2D eigenvalue weighted by Gasteiger charge is -2.33. The normalized spacial score (nSPS) is 21.4. The molecule has 2 rings (SSSR count). The van der Waals surface area contributed by atoms with Crippen molar-refractivity contribution in [2.75, 3.05) is 13.2 Å². The summed E-state index contributed by atoms with van der Waals surface area (Å²) in [5, 5.41) is 0. The highest BCUT2D eigenvalue weighted by molar-refractivity contribution is 5.94. The molecule has 4 nitrogen and oxygen atoms in total. The van der Waals surface area contributed by atoms with E-state index in [9.17, 15) is 4.79 Å². The largest absolute Gasteiger partial charge is 0.359 e. The molecule has 1 atom stereocenters. The van der Waals surface area contributed by atoms with Gasteiger partial charge in [0.15, 0.2) is 0 Å². The van der Waals surface area contributed by atoms with Gasteiger partial charge in [0, 0.05) is 18.9 Å². The lowest BCUT2D eigenvalue weighted by molar-refractivity contribution is -0.0661. The van der Waals surface area contributed by atoms with Gasteiger partial charge in [-0.2, -0.15) is 0 Å². The Morgan fingerprint density at radius 1 is 1.67 bits per heavy atom. The molecule has 1 unspecified atom stereocenters. The van der Waals surface area contributed by atoms with Gasteiger partial charge in [-0.25, -0.2) is 0 Å². The van der Waals surface area contributed by atoms with Crippen LogP contribution in [0.5, 0.6) is 0 Å². The predicted molar refractivity (Wildman–Crippen MR) is 55.3 cm³/mol. The van der Waals surface area contributed by atoms with E-state index in [1.807, 2.05) is 6.92 Å². The average Bonchev–Trinajstić information content (AvgIpc) is 2.30. The number of amides is 1. The maximum atomic E-state index is 12.0. The first-order valence-electron chi connectivity index (χ1n) is 5.11. The topological polar surface area (TPSA) is 42.4 Å². The Balaban J connectivity index is 2.13. The molecule has 1 aromatic heterocycles. The second-order valence-corrected chi connectivity index (χ2v) is 3.56. The van der Waals surface area contributed by atoms with Gasteiger partial charge in [-0.05, 0) is 25.5 Å². The van der Waals surface area contributed by atoms with Gasteiger partial charge in [-0.1, -0.05) is 0 Å². The smallest absolute Gasteiger partial charge is 0.257 e. The van der Waals surface area contributed by atoms with Crippen LogP contribution < -0.4 is 0 Å². The number of aromatic nitrogens is 1. The molecule has 4 heteroatoms. The fraction of sp³-hybridized carbons (Fsp3) is 0.455. The van der Waals surface area contributed by atoms with Crippen LogP contribution in [-0.4, -0.2) is 35.2 Å². The van der Waals surface area contributed by atoms with Crippen LogP contribution >= 0.6 is 0 Å². The summed E-state index contributed by atoms with van der Waals surface area (Å²) in [4.78, 5) is 17.7. The molecule has 1 amide bonds. The number of carbonyl (C=O) groups is 1. The molecule has 0 bridgehead atoms. The molecule has 1 aliphatic rings. The van der Waals surface area contributed by atoms with Gasteiger partial charge >= 0.3 is 0 Å². The van der Waals surface area contributed by atoms with Crippen LogP contribution in [0.1, 0.15) is 23.7 Å². The Morgan fingerprint density at radius 2 is 2.53 bits per heavy atom. The molecule has 15 heavy (non-hydrogen) atoms. The van der Waals surface area contributed by atoms with Gasteiger partial charge in [0.2, 0.25) is 0 Å². The third-order valence-electron chi connectivity index (χ3n) is 2.51. The summed E-state index contributed by atoms with van der Waals surface area (Å²) in [5.74, 6) is -0.00435. The summed E-state index contributed by atoms with van der Waals surface area (Å²) in [6.45, 7) is 3.39. The van der Waals surface area contributed by atoms with Gasteiger partial charge in [-0.15, -0.1) is 0 Å². The van der Waals surface area contributed by atoms with Crippen molar-refractivity contribution in [3.63, 3.8) is 0 Å². The minimum atomic E-state index is -0.133. The van der Waals surface area contributed by atoms with E-state index < -0.39 is 0 Å². The lowest BCUT2D eigenvalue weighted by Crippen LogP contribution is -2.44. The van der Waals surface area contributed by atoms with E-state index in [0.717, 1.165) is 19.6 Å². The minimum absolute atomic E-state index is 0.00435. The number of rotatable bonds is 1. The fourth-order valence-electron chi connectivity index (χ4n) is 1.68. The van der Waals surface area contributed by atoms with E-state index in [1.54, 1.807) is 29.4 Å². The average molecular weight is 206 g/mol. The number of ether oxygens (including phenoxy) is 1. The lowest BCUT2D eigenvalue weighted by atomic mass is 10.2. The predicted octanol–water partition coefficient (Wildman–Crippen LogP) is 1.29. The summed E-state index contributed by atoms with van der Waals surface area (Å²) in [7, 11) is 0. The van der Waals surface area contributed by atoms with Gasteiger partial charge in [0.1, 0.15) is 6.23 Å². The molecule has 0 N–H and O–H groups in total. The van der Waals surface area contributed by atoms with Crippen LogP contribution in [-0.2, 0) is 4.74 Å². The molecular weight excluding hydrogens is 192 g/mol. The van der Waals surface area contributed by atoms with Crippen molar-refractivity contribution >= 4 is 5.91 Å². The number of pyridine rings is 1. The Labute approximate surface area is 88.9 Å². The molecule has 1 saturated heterocycles. The second-order valence-electron chi connectivity index (χ2n) is 3.56. The van der Waals surface area contributed by atoms with Crippen LogP contribution in [0.15, 0.2) is 24.5 Å². The van der Waals surface area contributed by atoms with Crippen LogP contribution in [0.4, 0.5) is 0 Å². The summed E-state index contributed by atoms with van der Waals surface area (Å²) < 4.78 is 5.42. The molecule has 1 fully saturated rings. The zero-order valence-corrected chi connectivity index (χ0v) is 8.72. The summed E-state index contributed by atoms with van der Waals surface area (Å²) in [5.41, 5.74) is 0.620. The van der Waals surface area contributed by atoms with Crippen molar-refractivity contribution in [3.8, 4) is 0 Å². The van der Waals surface area contributed by atoms with E-state index >= 15 is 0 Å². The van der Waals surface area contributed by atoms with Gasteiger partial charge in [0.25, 0.3) is 5.91 Å². The van der Waals surface area contributed by atoms with E-state index in [-0.39, 0.29) is 12.1 Å². The molecule has 0 radical (unpaired) electrons. The standard InChI is InChI=1S/C11H14N2O2/c1-9-13(6-3-7-15-9)11(14)10-4-2-5-12-8-10/h2,4-5,8-9H,3,6-7H2,1H3. The van der Waals surface area contributed by atoms with E-state index in [0.29, 0.717) is 5.56 Å². The first-order valence-corrected chi connectivity index (χ1v) is 5.11. The summed E-state index contributed by atoms with van der Waals surface area (Å²) >= 11 is 0. The maximum Gasteiger partial charge on any atom is 0.257 e. The molecule has 1 aromatic rings. The minimum Gasteiger partial charge on any atom is -0.359 e. The van der Waals surface area contributed by atoms with Crippen molar-refractivity contribution in [1.82, 2.24) is 9.88 Å². The Bertz CT molecular complexity index is 340. The highest BCUT2D eigenvalue weighted by atomic mass is 16.5. The third kappa shape index (κ3) is 2.15. The highest BCUT2D eigenvalue weighted by Crippen LogP contribution is 2.13. The van der Waals surface area contributed by atoms with Crippen LogP contribution in [0, 0.1) is 0 Å². The van der Waals surface area contributed by atoms with Gasteiger partial charge in [-0.3, -0.25) is 9.78 Å². The summed E-state index contributed by atoms with van der Waals surface area (Å²) in [6, 6.07) is 3.54. The number of hydrogen-bond donors (Lipinski definition) is 0. The highest BCUT2D eigenvalue weighted by Gasteiger charge is 2.24. The quantitative estimate of drug-likeness (QED) is 0.695. The zero-order valence-electron chi connectivity index (χ0n) is 8.72. The van der Waals surface area contributed by atoms with Crippen LogP contribution in [0.2, 0.25) is 0 Å². The Morgan fingerprint density at radius 3 is 3.20 bits per heavy atom. The Kier molecular flexibility index (Phi) is 2.97. The van der Waals surface area contributed by atoms with Crippen molar-refractivity contribution in [3.05, 3.63) is 30.1 Å². The fourth-order valence-corrected chi connectivity index (χ4v) is 1.68. The van der Waals surface area contributed by atoms with E-state index in [2.05, 4.69) is 4.98 Å². The second kappa shape index (κ2) is 4.40. The number of carbonyl (C=O) groups excluding carboxylic acids is 1. The monoisotopic (exact) mass is 206 g/mol. The molecule has 1 aliphatic heterocycles. The summed E-state index contributed by atoms with van der Waals surface area (Å²) in [6.07, 6.45) is 4.01. The van der Waals surface area contributed by atoms with Crippen LogP contribution in [0.25, 0.3) is 0 Å². The first-order chi connectivity index (χ1) is 7.29. The zero-order chi connectivity index (χ0) is 10.7. The van der Waals surface area contributed by atoms with Crippen molar-refractivity contribution in [2.45, 2.75) is 19.6 Å². The number of hydrogen-bond acceptors (Lipinski definition) is 3. The Hall–Kier alpha value is -1.42. The molecule has 80 valence electrons. The molecule has 0 aliphatic carbocycles. The molecule has 0 saturated carbocycles. The van der Waals surface area contributed by atoms with Crippen LogP contribution in [0.3, 0.4) is 0 Å². The van der Waals surface area contributed by atoms with Crippen molar-refractivity contribution in [2.24, 2.45) is 0 Å². The van der Waals surface area contributed by atoms with Crippen molar-refractivity contribution < 1.29 is 9.53 Å². The number of nitrogens with zero attached hydrogens (tertiary/aromatic N) is 2.